The quantitative estimate of drug-likeness (QED) is 0.901. The lowest BCUT2D eigenvalue weighted by atomic mass is 9.99. The van der Waals surface area contributed by atoms with E-state index in [4.69, 9.17) is 0 Å². The van der Waals surface area contributed by atoms with Gasteiger partial charge in [-0.2, -0.15) is 0 Å². The van der Waals surface area contributed by atoms with Crippen LogP contribution in [0.25, 0.3) is 5.57 Å². The Kier molecular flexibility index (Phi) is 4.53. The van der Waals surface area contributed by atoms with E-state index in [1.54, 1.807) is 12.1 Å². The topological polar surface area (TPSA) is 40.5 Å². The second-order valence-corrected chi connectivity index (χ2v) is 7.05. The van der Waals surface area contributed by atoms with Crippen molar-refractivity contribution in [1.29, 1.82) is 0 Å². The molecule has 120 valence electrons. The molecular formula is C19H21NO2S. The maximum absolute atomic E-state index is 12.7. The number of hydrogen-bond acceptors (Lipinski definition) is 3. The number of phenols is 1. The first-order chi connectivity index (χ1) is 11.1. The molecule has 1 aliphatic rings. The SMILES string of the molecule is CC(C)c1ccsc1C(=O)N1CC=C(c2ccc(O)cc2)CC1. The van der Waals surface area contributed by atoms with Crippen LogP contribution in [0.1, 0.15) is 47.0 Å². The summed E-state index contributed by atoms with van der Waals surface area (Å²) in [4.78, 5) is 15.5. The summed E-state index contributed by atoms with van der Waals surface area (Å²) >= 11 is 1.54. The van der Waals surface area contributed by atoms with E-state index in [9.17, 15) is 9.90 Å². The van der Waals surface area contributed by atoms with Crippen molar-refractivity contribution in [1.82, 2.24) is 4.90 Å². The smallest absolute Gasteiger partial charge is 0.264 e. The molecule has 2 heterocycles. The van der Waals surface area contributed by atoms with Gasteiger partial charge in [-0.25, -0.2) is 0 Å². The standard InChI is InChI=1S/C19H21NO2S/c1-13(2)17-9-12-23-18(17)19(22)20-10-7-15(8-11-20)14-3-5-16(21)6-4-14/h3-7,9,12-13,21H,8,10-11H2,1-2H3. The molecule has 1 aliphatic heterocycles. The van der Waals surface area contributed by atoms with Gasteiger partial charge in [-0.05, 0) is 52.6 Å². The van der Waals surface area contributed by atoms with Crippen molar-refractivity contribution < 1.29 is 9.90 Å². The molecule has 0 bridgehead atoms. The zero-order valence-electron chi connectivity index (χ0n) is 13.5. The van der Waals surface area contributed by atoms with Gasteiger partial charge >= 0.3 is 0 Å². The average Bonchev–Trinajstić information content (AvgIpc) is 3.05. The highest BCUT2D eigenvalue weighted by molar-refractivity contribution is 7.12. The number of phenolic OH excluding ortho intramolecular Hbond substituents is 1. The highest BCUT2D eigenvalue weighted by atomic mass is 32.1. The van der Waals surface area contributed by atoms with Crippen LogP contribution in [-0.2, 0) is 0 Å². The average molecular weight is 327 g/mol. The van der Waals surface area contributed by atoms with Crippen molar-refractivity contribution in [2.75, 3.05) is 13.1 Å². The van der Waals surface area contributed by atoms with Crippen molar-refractivity contribution >= 4 is 22.8 Å². The highest BCUT2D eigenvalue weighted by Crippen LogP contribution is 2.29. The number of amides is 1. The molecule has 3 rings (SSSR count). The summed E-state index contributed by atoms with van der Waals surface area (Å²) in [6.45, 7) is 5.63. The minimum absolute atomic E-state index is 0.143. The molecule has 1 N–H and O–H groups in total. The van der Waals surface area contributed by atoms with Crippen LogP contribution in [0.3, 0.4) is 0 Å². The van der Waals surface area contributed by atoms with E-state index in [-0.39, 0.29) is 11.7 Å². The van der Waals surface area contributed by atoms with Gasteiger partial charge in [0.05, 0.1) is 4.88 Å². The number of carbonyl (C=O) groups excluding carboxylic acids is 1. The van der Waals surface area contributed by atoms with Gasteiger partial charge in [-0.3, -0.25) is 4.79 Å². The van der Waals surface area contributed by atoms with Gasteiger partial charge in [0.15, 0.2) is 0 Å². The molecule has 0 aliphatic carbocycles. The number of hydrogen-bond donors (Lipinski definition) is 1. The fourth-order valence-electron chi connectivity index (χ4n) is 2.88. The lowest BCUT2D eigenvalue weighted by Crippen LogP contribution is -2.34. The molecule has 4 heteroatoms. The van der Waals surface area contributed by atoms with Crippen molar-refractivity contribution in [2.24, 2.45) is 0 Å². The number of thiophene rings is 1. The van der Waals surface area contributed by atoms with Gasteiger partial charge in [0.2, 0.25) is 0 Å². The predicted molar refractivity (Wildman–Crippen MR) is 95.0 cm³/mol. The molecule has 1 aromatic heterocycles. The van der Waals surface area contributed by atoms with Crippen molar-refractivity contribution in [3.8, 4) is 5.75 Å². The van der Waals surface area contributed by atoms with E-state index in [1.165, 1.54) is 16.9 Å². The van der Waals surface area contributed by atoms with Gasteiger partial charge in [-0.1, -0.05) is 32.1 Å². The van der Waals surface area contributed by atoms with Gasteiger partial charge in [0.25, 0.3) is 5.91 Å². The Morgan fingerprint density at radius 2 is 1.96 bits per heavy atom. The number of carbonyl (C=O) groups is 1. The van der Waals surface area contributed by atoms with Gasteiger partial charge in [-0.15, -0.1) is 11.3 Å². The molecule has 0 unspecified atom stereocenters. The number of benzene rings is 1. The zero-order valence-corrected chi connectivity index (χ0v) is 14.3. The lowest BCUT2D eigenvalue weighted by Gasteiger charge is -2.27. The Labute approximate surface area is 140 Å². The monoisotopic (exact) mass is 327 g/mol. The summed E-state index contributed by atoms with van der Waals surface area (Å²) < 4.78 is 0. The van der Waals surface area contributed by atoms with E-state index in [1.807, 2.05) is 22.4 Å². The van der Waals surface area contributed by atoms with Crippen LogP contribution in [0.2, 0.25) is 0 Å². The number of aromatic hydroxyl groups is 1. The lowest BCUT2D eigenvalue weighted by molar-refractivity contribution is 0.0776. The summed E-state index contributed by atoms with van der Waals surface area (Å²) in [5, 5.41) is 11.4. The van der Waals surface area contributed by atoms with Crippen LogP contribution in [0.15, 0.2) is 41.8 Å². The van der Waals surface area contributed by atoms with E-state index in [0.29, 0.717) is 12.5 Å². The molecular weight excluding hydrogens is 306 g/mol. The largest absolute Gasteiger partial charge is 0.508 e. The van der Waals surface area contributed by atoms with E-state index >= 15 is 0 Å². The minimum Gasteiger partial charge on any atom is -0.508 e. The van der Waals surface area contributed by atoms with E-state index < -0.39 is 0 Å². The Balaban J connectivity index is 1.74. The third kappa shape index (κ3) is 3.32. The van der Waals surface area contributed by atoms with Crippen LogP contribution in [-0.4, -0.2) is 29.0 Å². The summed E-state index contributed by atoms with van der Waals surface area (Å²) in [7, 11) is 0. The minimum atomic E-state index is 0.143. The van der Waals surface area contributed by atoms with Crippen molar-refractivity contribution in [2.45, 2.75) is 26.2 Å². The molecule has 0 radical (unpaired) electrons. The Morgan fingerprint density at radius 3 is 2.57 bits per heavy atom. The highest BCUT2D eigenvalue weighted by Gasteiger charge is 2.23. The first kappa shape index (κ1) is 15.8. The zero-order chi connectivity index (χ0) is 16.4. The first-order valence-corrected chi connectivity index (χ1v) is 8.79. The fraction of sp³-hybridized carbons (Fsp3) is 0.316. The number of nitrogens with zero attached hydrogens (tertiary/aromatic N) is 1. The maximum Gasteiger partial charge on any atom is 0.264 e. The summed E-state index contributed by atoms with van der Waals surface area (Å²) in [5.41, 5.74) is 3.51. The van der Waals surface area contributed by atoms with Crippen LogP contribution < -0.4 is 0 Å². The van der Waals surface area contributed by atoms with Crippen LogP contribution in [0.5, 0.6) is 5.75 Å². The molecule has 1 aromatic carbocycles. The summed E-state index contributed by atoms with van der Waals surface area (Å²) in [6, 6.07) is 9.32. The second kappa shape index (κ2) is 6.59. The fourth-order valence-corrected chi connectivity index (χ4v) is 3.90. The molecule has 0 saturated carbocycles. The predicted octanol–water partition coefficient (Wildman–Crippen LogP) is 4.51. The molecule has 0 spiro atoms. The Morgan fingerprint density at radius 1 is 1.22 bits per heavy atom. The summed E-state index contributed by atoms with van der Waals surface area (Å²) in [6.07, 6.45) is 2.97. The Hall–Kier alpha value is -2.07. The van der Waals surface area contributed by atoms with Gasteiger partial charge in [0, 0.05) is 13.1 Å². The first-order valence-electron chi connectivity index (χ1n) is 7.91. The van der Waals surface area contributed by atoms with Crippen LogP contribution >= 0.6 is 11.3 Å². The molecule has 0 atom stereocenters. The molecule has 3 nitrogen and oxygen atoms in total. The third-order valence-electron chi connectivity index (χ3n) is 4.25. The number of rotatable bonds is 3. The molecule has 1 amide bonds. The maximum atomic E-state index is 12.7. The summed E-state index contributed by atoms with van der Waals surface area (Å²) in [5.74, 6) is 0.790. The van der Waals surface area contributed by atoms with E-state index in [0.717, 1.165) is 29.0 Å². The molecule has 23 heavy (non-hydrogen) atoms. The van der Waals surface area contributed by atoms with Gasteiger partial charge in [0.1, 0.15) is 5.75 Å². The molecule has 0 fully saturated rings. The van der Waals surface area contributed by atoms with Crippen LogP contribution in [0.4, 0.5) is 0 Å². The normalized spacial score (nSPS) is 14.9. The third-order valence-corrected chi connectivity index (χ3v) is 5.16. The van der Waals surface area contributed by atoms with Crippen molar-refractivity contribution in [3.05, 3.63) is 57.8 Å². The Bertz CT molecular complexity index is 728. The van der Waals surface area contributed by atoms with Crippen molar-refractivity contribution in [3.63, 3.8) is 0 Å². The molecule has 0 saturated heterocycles. The van der Waals surface area contributed by atoms with Crippen LogP contribution in [0, 0.1) is 0 Å². The van der Waals surface area contributed by atoms with E-state index in [2.05, 4.69) is 26.0 Å². The van der Waals surface area contributed by atoms with Gasteiger partial charge < -0.3 is 10.0 Å². The second-order valence-electron chi connectivity index (χ2n) is 6.14. The molecule has 2 aromatic rings.